The van der Waals surface area contributed by atoms with Gasteiger partial charge in [0.25, 0.3) is 0 Å². The lowest BCUT2D eigenvalue weighted by Gasteiger charge is -2.37. The number of hydrogen-bond donors (Lipinski definition) is 1. The molecule has 0 aliphatic heterocycles. The zero-order chi connectivity index (χ0) is 20.0. The van der Waals surface area contributed by atoms with Crippen molar-refractivity contribution >= 4 is 0 Å². The van der Waals surface area contributed by atoms with Crippen molar-refractivity contribution in [2.75, 3.05) is 32.8 Å². The van der Waals surface area contributed by atoms with E-state index in [4.69, 9.17) is 4.74 Å². The van der Waals surface area contributed by atoms with E-state index < -0.39 is 6.10 Å². The van der Waals surface area contributed by atoms with Crippen LogP contribution in [0.5, 0.6) is 5.75 Å². The van der Waals surface area contributed by atoms with Gasteiger partial charge in [-0.3, -0.25) is 0 Å². The fraction of sp³-hybridized carbons (Fsp3) is 0.739. The van der Waals surface area contributed by atoms with Crippen LogP contribution in [0.2, 0.25) is 0 Å². The molecule has 0 fully saturated rings. The summed E-state index contributed by atoms with van der Waals surface area (Å²) in [5.74, 6) is 0.835. The fourth-order valence-corrected chi connectivity index (χ4v) is 4.18. The lowest BCUT2D eigenvalue weighted by atomic mass is 9.72. The molecule has 0 aromatic heterocycles. The quantitative estimate of drug-likeness (QED) is 0.610. The number of aliphatic hydroxyl groups excluding tert-OH is 1. The van der Waals surface area contributed by atoms with Gasteiger partial charge in [-0.25, -0.2) is 0 Å². The van der Waals surface area contributed by atoms with Crippen LogP contribution in [0, 0.1) is 5.41 Å². The highest BCUT2D eigenvalue weighted by Gasteiger charge is 2.27. The molecule has 4 heteroatoms. The van der Waals surface area contributed by atoms with E-state index in [1.165, 1.54) is 5.56 Å². The van der Waals surface area contributed by atoms with Crippen LogP contribution in [0.3, 0.4) is 0 Å². The number of quaternary nitrogens is 1. The van der Waals surface area contributed by atoms with Gasteiger partial charge >= 0.3 is 0 Å². The van der Waals surface area contributed by atoms with Gasteiger partial charge in [0.15, 0.2) is 0 Å². The Morgan fingerprint density at radius 2 is 1.41 bits per heavy atom. The molecule has 27 heavy (non-hydrogen) atoms. The summed E-state index contributed by atoms with van der Waals surface area (Å²) in [7, 11) is 0. The van der Waals surface area contributed by atoms with Gasteiger partial charge in [0, 0.05) is 0 Å². The van der Waals surface area contributed by atoms with Gasteiger partial charge in [-0.15, -0.1) is 0 Å². The number of likely N-dealkylation sites (N-methyl/N-ethyl adjacent to an activating group) is 1. The van der Waals surface area contributed by atoms with E-state index in [1.54, 1.807) is 0 Å². The van der Waals surface area contributed by atoms with E-state index in [0.29, 0.717) is 12.0 Å². The molecule has 0 spiro atoms. The lowest BCUT2D eigenvalue weighted by molar-refractivity contribution is -0.926. The van der Waals surface area contributed by atoms with Crippen LogP contribution < -0.4 is 17.1 Å². The summed E-state index contributed by atoms with van der Waals surface area (Å²) in [5.41, 5.74) is 1.77. The predicted molar refractivity (Wildman–Crippen MR) is 112 cm³/mol. The summed E-state index contributed by atoms with van der Waals surface area (Å²) in [4.78, 5) is 0. The van der Waals surface area contributed by atoms with Gasteiger partial charge in [-0.05, 0) is 55.7 Å². The molecule has 0 saturated heterocycles. The minimum absolute atomic E-state index is 0. The number of halogens is 1. The first-order valence-corrected chi connectivity index (χ1v) is 10.2. The molecule has 1 N–H and O–H groups in total. The molecule has 0 bridgehead atoms. The summed E-state index contributed by atoms with van der Waals surface area (Å²) < 4.78 is 6.79. The van der Waals surface area contributed by atoms with E-state index in [1.807, 2.05) is 12.1 Å². The van der Waals surface area contributed by atoms with E-state index in [-0.39, 0.29) is 17.8 Å². The second-order valence-electron chi connectivity index (χ2n) is 9.58. The third-order valence-electron chi connectivity index (χ3n) is 5.66. The number of rotatable bonds is 10. The highest BCUT2D eigenvalue weighted by Crippen LogP contribution is 2.36. The minimum Gasteiger partial charge on any atom is -1.00 e. The van der Waals surface area contributed by atoms with Crippen molar-refractivity contribution < 1.29 is 26.7 Å². The normalized spacial score (nSPS) is 13.8. The van der Waals surface area contributed by atoms with Crippen LogP contribution in [-0.4, -0.2) is 48.5 Å². The van der Waals surface area contributed by atoms with Crippen LogP contribution in [0.25, 0.3) is 0 Å². The summed E-state index contributed by atoms with van der Waals surface area (Å²) in [6.45, 7) is 22.3. The van der Waals surface area contributed by atoms with Crippen molar-refractivity contribution in [1.82, 2.24) is 0 Å². The number of ether oxygens (including phenoxy) is 1. The maximum atomic E-state index is 10.4. The topological polar surface area (TPSA) is 29.5 Å². The van der Waals surface area contributed by atoms with Crippen molar-refractivity contribution in [3.63, 3.8) is 0 Å². The van der Waals surface area contributed by atoms with Crippen molar-refractivity contribution in [3.8, 4) is 5.75 Å². The zero-order valence-electron chi connectivity index (χ0n) is 18.8. The van der Waals surface area contributed by atoms with Crippen LogP contribution in [0.4, 0.5) is 0 Å². The Labute approximate surface area is 174 Å². The van der Waals surface area contributed by atoms with Gasteiger partial charge in [0.05, 0.1) is 19.6 Å². The Bertz CT molecular complexity index is 522. The highest BCUT2D eigenvalue weighted by atomic mass is 35.5. The fourth-order valence-electron chi connectivity index (χ4n) is 4.18. The van der Waals surface area contributed by atoms with Crippen molar-refractivity contribution in [1.29, 1.82) is 0 Å². The predicted octanol–water partition coefficient (Wildman–Crippen LogP) is 2.02. The number of benzene rings is 1. The summed E-state index contributed by atoms with van der Waals surface area (Å²) >= 11 is 0. The highest BCUT2D eigenvalue weighted by molar-refractivity contribution is 5.31. The van der Waals surface area contributed by atoms with Crippen molar-refractivity contribution in [2.45, 2.75) is 73.3 Å². The maximum Gasteiger partial charge on any atom is 0.137 e. The second-order valence-corrected chi connectivity index (χ2v) is 9.58. The number of aliphatic hydroxyl groups is 1. The maximum absolute atomic E-state index is 10.4. The first-order chi connectivity index (χ1) is 12.0. The Morgan fingerprint density at radius 1 is 0.926 bits per heavy atom. The first-order valence-electron chi connectivity index (χ1n) is 10.2. The largest absolute Gasteiger partial charge is 1.00 e. The van der Waals surface area contributed by atoms with Gasteiger partial charge in [-0.1, -0.05) is 46.8 Å². The molecule has 3 nitrogen and oxygen atoms in total. The van der Waals surface area contributed by atoms with Gasteiger partial charge in [0.1, 0.15) is 25.0 Å². The molecule has 0 radical (unpaired) electrons. The Kier molecular flexibility index (Phi) is 10.4. The third kappa shape index (κ3) is 8.41. The van der Waals surface area contributed by atoms with E-state index in [2.05, 4.69) is 67.5 Å². The van der Waals surface area contributed by atoms with E-state index in [9.17, 15) is 5.11 Å². The Morgan fingerprint density at radius 3 is 1.81 bits per heavy atom. The molecule has 1 aromatic carbocycles. The van der Waals surface area contributed by atoms with Crippen LogP contribution >= 0.6 is 0 Å². The zero-order valence-corrected chi connectivity index (χ0v) is 19.6. The monoisotopic (exact) mass is 399 g/mol. The van der Waals surface area contributed by atoms with Crippen LogP contribution in [0.15, 0.2) is 24.3 Å². The molecule has 0 aliphatic rings. The van der Waals surface area contributed by atoms with E-state index >= 15 is 0 Å². The van der Waals surface area contributed by atoms with Gasteiger partial charge in [-0.2, -0.15) is 0 Å². The average Bonchev–Trinajstić information content (AvgIpc) is 2.56. The molecule has 1 unspecified atom stereocenters. The van der Waals surface area contributed by atoms with Gasteiger partial charge < -0.3 is 26.7 Å². The molecule has 1 atom stereocenters. The number of nitrogens with zero attached hydrogens (tertiary/aromatic N) is 1. The SMILES string of the molecule is CC[N+](CC)(CC)CC(O)COc1ccc(C(C)(C)CC(C)(C)C)cc1.[Cl-]. The minimum atomic E-state index is -0.438. The molecular weight excluding hydrogens is 358 g/mol. The summed E-state index contributed by atoms with van der Waals surface area (Å²) in [6, 6.07) is 8.40. The van der Waals surface area contributed by atoms with Gasteiger partial charge in [0.2, 0.25) is 0 Å². The smallest absolute Gasteiger partial charge is 0.137 e. The molecule has 0 aliphatic carbocycles. The van der Waals surface area contributed by atoms with Crippen LogP contribution in [0.1, 0.15) is 67.4 Å². The molecule has 1 rings (SSSR count). The number of hydrogen-bond acceptors (Lipinski definition) is 2. The lowest BCUT2D eigenvalue weighted by Crippen LogP contribution is -3.00. The molecule has 158 valence electrons. The van der Waals surface area contributed by atoms with Crippen molar-refractivity contribution in [3.05, 3.63) is 29.8 Å². The molecular formula is C23H42ClNO2. The third-order valence-corrected chi connectivity index (χ3v) is 5.66. The Hall–Kier alpha value is -0.770. The molecule has 1 aromatic rings. The van der Waals surface area contributed by atoms with Crippen molar-refractivity contribution in [2.24, 2.45) is 5.41 Å². The van der Waals surface area contributed by atoms with Crippen LogP contribution in [-0.2, 0) is 5.41 Å². The second kappa shape index (κ2) is 10.7. The standard InChI is InChI=1S/C23H42NO2.ClH/c1-9-24(10-2,11-3)16-20(25)17-26-21-14-12-19(13-15-21)23(7,8)18-22(4,5)6;/h12-15,20,25H,9-11,16-18H2,1-8H3;1H/q+1;/p-1. The molecule has 0 saturated carbocycles. The van der Waals surface area contributed by atoms with E-state index in [0.717, 1.165) is 42.8 Å². The summed E-state index contributed by atoms with van der Waals surface area (Å²) in [5, 5.41) is 10.4. The average molecular weight is 400 g/mol. The summed E-state index contributed by atoms with van der Waals surface area (Å²) in [6.07, 6.45) is 0.691. The molecule has 0 heterocycles. The molecule has 0 amide bonds. The first kappa shape index (κ1) is 26.2. The Balaban J connectivity index is 0.00000676.